The largest absolute Gasteiger partial charge is 0.343 e. The van der Waals surface area contributed by atoms with Crippen molar-refractivity contribution in [2.45, 2.75) is 68.1 Å². The van der Waals surface area contributed by atoms with E-state index in [9.17, 15) is 24.4 Å². The second kappa shape index (κ2) is 13.5. The molecule has 4 aliphatic rings. The van der Waals surface area contributed by atoms with Gasteiger partial charge in [0.25, 0.3) is 17.7 Å². The summed E-state index contributed by atoms with van der Waals surface area (Å²) >= 11 is 12.7. The van der Waals surface area contributed by atoms with Gasteiger partial charge in [-0.25, -0.2) is 9.88 Å². The van der Waals surface area contributed by atoms with E-state index >= 15 is 0 Å². The molecule has 2 aliphatic heterocycles. The standard InChI is InChI=1S/C40H39Cl2N9O4/c1-38(20-24-4-6-25(21-43)7-5-24)36(55)50(30-18-27(41)17-28(42)19-30)37-45-22-31(51(37)38)33(52)46-40(12-13-40)35(54)47-39(10-11-39)32-16-26(8-14-44-32)34(53)49-15-9-29(23-49)48(2)3/h4-8,14,16-19,22,29H,9-13,15,20,23H2,1-3H3,(H,46,52)(H,47,54)/t29?,38-/m1/s1. The van der Waals surface area contributed by atoms with Crippen LogP contribution in [0.3, 0.4) is 0 Å². The third kappa shape index (κ3) is 6.52. The zero-order valence-corrected chi connectivity index (χ0v) is 32.1. The van der Waals surface area contributed by atoms with E-state index in [0.29, 0.717) is 77.4 Å². The Balaban J connectivity index is 1.04. The maximum atomic E-state index is 14.5. The number of carbonyl (C=O) groups excluding carboxylic acids is 4. The summed E-state index contributed by atoms with van der Waals surface area (Å²) in [5, 5.41) is 16.1. The van der Waals surface area contributed by atoms with Crippen LogP contribution in [0, 0.1) is 11.3 Å². The number of imidazole rings is 1. The Kier molecular flexibility index (Phi) is 8.99. The van der Waals surface area contributed by atoms with Gasteiger partial charge in [-0.3, -0.25) is 28.7 Å². The van der Waals surface area contributed by atoms with Crippen LogP contribution in [0.25, 0.3) is 0 Å². The van der Waals surface area contributed by atoms with Crippen molar-refractivity contribution in [3.63, 3.8) is 0 Å². The van der Waals surface area contributed by atoms with Gasteiger partial charge in [-0.2, -0.15) is 5.26 Å². The molecule has 282 valence electrons. The number of amides is 4. The monoisotopic (exact) mass is 779 g/mol. The lowest BCUT2D eigenvalue weighted by molar-refractivity contribution is -0.125. The first-order valence-electron chi connectivity index (χ1n) is 18.2. The van der Waals surface area contributed by atoms with Gasteiger partial charge in [-0.15, -0.1) is 0 Å². The normalized spacial score (nSPS) is 21.6. The van der Waals surface area contributed by atoms with E-state index in [1.54, 1.807) is 72.3 Å². The number of carbonyl (C=O) groups is 4. The van der Waals surface area contributed by atoms with Crippen LogP contribution in [0.2, 0.25) is 10.0 Å². The van der Waals surface area contributed by atoms with E-state index < -0.39 is 22.5 Å². The average Bonchev–Trinajstić information content (AvgIpc) is 3.98. The number of nitrogens with zero attached hydrogens (tertiary/aromatic N) is 7. The summed E-state index contributed by atoms with van der Waals surface area (Å²) in [7, 11) is 4.04. The number of benzene rings is 2. The van der Waals surface area contributed by atoms with Crippen LogP contribution in [-0.2, 0) is 27.1 Å². The number of nitriles is 1. The molecule has 15 heteroatoms. The highest BCUT2D eigenvalue weighted by Crippen LogP contribution is 2.48. The molecule has 1 saturated heterocycles. The van der Waals surface area contributed by atoms with E-state index in [-0.39, 0.29) is 35.8 Å². The molecule has 55 heavy (non-hydrogen) atoms. The van der Waals surface area contributed by atoms with Gasteiger partial charge in [0.05, 0.1) is 34.7 Å². The fraction of sp³-hybridized carbons (Fsp3) is 0.375. The smallest absolute Gasteiger partial charge is 0.270 e. The summed E-state index contributed by atoms with van der Waals surface area (Å²) in [6.07, 6.45) is 6.23. The molecule has 2 aromatic carbocycles. The number of rotatable bonds is 10. The Morgan fingerprint density at radius 3 is 2.31 bits per heavy atom. The molecule has 0 bridgehead atoms. The van der Waals surface area contributed by atoms with Crippen molar-refractivity contribution < 1.29 is 19.2 Å². The zero-order chi connectivity index (χ0) is 38.9. The van der Waals surface area contributed by atoms with Crippen molar-refractivity contribution in [3.8, 4) is 6.07 Å². The van der Waals surface area contributed by atoms with Gasteiger partial charge in [-0.1, -0.05) is 35.3 Å². The van der Waals surface area contributed by atoms with Crippen LogP contribution >= 0.6 is 23.2 Å². The third-order valence-electron chi connectivity index (χ3n) is 11.4. The quantitative estimate of drug-likeness (QED) is 0.230. The Morgan fingerprint density at radius 2 is 1.69 bits per heavy atom. The number of likely N-dealkylation sites (N-methyl/N-ethyl adjacent to an activating group) is 1. The fourth-order valence-electron chi connectivity index (χ4n) is 7.80. The lowest BCUT2D eigenvalue weighted by Gasteiger charge is -2.27. The number of anilines is 2. The molecule has 0 radical (unpaired) electrons. The number of halogens is 2. The van der Waals surface area contributed by atoms with E-state index in [2.05, 4.69) is 31.6 Å². The minimum absolute atomic E-state index is 0.0592. The van der Waals surface area contributed by atoms with Gasteiger partial charge in [-0.05, 0) is 101 Å². The molecule has 1 unspecified atom stereocenters. The van der Waals surface area contributed by atoms with E-state index in [0.717, 1.165) is 12.0 Å². The predicted octanol–water partition coefficient (Wildman–Crippen LogP) is 4.94. The number of fused-ring (bicyclic) bond motifs is 1. The summed E-state index contributed by atoms with van der Waals surface area (Å²) in [5.41, 5.74) is -0.389. The Bertz CT molecular complexity index is 2270. The van der Waals surface area contributed by atoms with Gasteiger partial charge in [0.15, 0.2) is 0 Å². The lowest BCUT2D eigenvalue weighted by Crippen LogP contribution is -2.52. The van der Waals surface area contributed by atoms with Gasteiger partial charge in [0.1, 0.15) is 16.8 Å². The third-order valence-corrected chi connectivity index (χ3v) is 11.8. The highest BCUT2D eigenvalue weighted by Gasteiger charge is 2.57. The molecule has 4 amide bonds. The minimum atomic E-state index is -1.34. The van der Waals surface area contributed by atoms with Crippen LogP contribution in [0.4, 0.5) is 11.6 Å². The summed E-state index contributed by atoms with van der Waals surface area (Å²) in [5.74, 6) is -1.12. The van der Waals surface area contributed by atoms with Crippen LogP contribution in [-0.4, -0.2) is 86.7 Å². The average molecular weight is 781 g/mol. The highest BCUT2D eigenvalue weighted by atomic mass is 35.5. The first-order valence-corrected chi connectivity index (χ1v) is 19.0. The van der Waals surface area contributed by atoms with Crippen molar-refractivity contribution in [1.82, 2.24) is 35.0 Å². The Hall–Kier alpha value is -5.29. The molecule has 13 nitrogen and oxygen atoms in total. The van der Waals surface area contributed by atoms with Gasteiger partial charge in [0, 0.05) is 47.4 Å². The number of hydrogen-bond acceptors (Lipinski definition) is 8. The van der Waals surface area contributed by atoms with Crippen LogP contribution in [0.5, 0.6) is 0 Å². The fourth-order valence-corrected chi connectivity index (χ4v) is 8.32. The molecule has 0 spiro atoms. The molecule has 8 rings (SSSR count). The van der Waals surface area contributed by atoms with Gasteiger partial charge in [0.2, 0.25) is 11.9 Å². The topological polar surface area (TPSA) is 157 Å². The number of likely N-dealkylation sites (tertiary alicyclic amines) is 1. The molecule has 3 fully saturated rings. The maximum Gasteiger partial charge on any atom is 0.270 e. The first kappa shape index (κ1) is 36.7. The van der Waals surface area contributed by atoms with E-state index in [1.807, 2.05) is 19.0 Å². The van der Waals surface area contributed by atoms with Crippen LogP contribution < -0.4 is 15.5 Å². The van der Waals surface area contributed by atoms with Crippen molar-refractivity contribution >= 4 is 58.5 Å². The van der Waals surface area contributed by atoms with Crippen molar-refractivity contribution in [2.75, 3.05) is 32.1 Å². The summed E-state index contributed by atoms with van der Waals surface area (Å²) in [4.78, 5) is 70.7. The van der Waals surface area contributed by atoms with Crippen LogP contribution in [0.15, 0.2) is 67.0 Å². The second-order valence-corrected chi connectivity index (χ2v) is 16.3. The molecular weight excluding hydrogens is 741 g/mol. The molecule has 2 atom stereocenters. The number of nitrogens with one attached hydrogen (secondary N) is 2. The van der Waals surface area contributed by atoms with Crippen molar-refractivity contribution in [1.29, 1.82) is 5.26 Å². The lowest BCUT2D eigenvalue weighted by atomic mass is 9.91. The van der Waals surface area contributed by atoms with Crippen molar-refractivity contribution in [3.05, 3.63) is 105 Å². The van der Waals surface area contributed by atoms with E-state index in [4.69, 9.17) is 23.2 Å². The maximum absolute atomic E-state index is 14.5. The number of pyridine rings is 1. The summed E-state index contributed by atoms with van der Waals surface area (Å²) in [6.45, 7) is 3.07. The summed E-state index contributed by atoms with van der Waals surface area (Å²) in [6, 6.07) is 17.6. The van der Waals surface area contributed by atoms with Crippen molar-refractivity contribution in [2.24, 2.45) is 0 Å². The Labute approximate surface area is 328 Å². The van der Waals surface area contributed by atoms with Gasteiger partial charge >= 0.3 is 0 Å². The highest BCUT2D eigenvalue weighted by molar-refractivity contribution is 6.35. The second-order valence-electron chi connectivity index (χ2n) is 15.5. The minimum Gasteiger partial charge on any atom is -0.343 e. The van der Waals surface area contributed by atoms with Gasteiger partial charge < -0.3 is 20.4 Å². The van der Waals surface area contributed by atoms with Crippen LogP contribution in [0.1, 0.15) is 76.7 Å². The molecular formula is C40H39Cl2N9O4. The summed E-state index contributed by atoms with van der Waals surface area (Å²) < 4.78 is 1.60. The molecule has 2 aromatic heterocycles. The SMILES string of the molecule is CN(C)C1CCN(C(=O)c2ccnc(C3(NC(=O)C4(NC(=O)c5cnc6n5[C@](C)(Cc5ccc(C#N)cc5)C(=O)N6c5cc(Cl)cc(Cl)c5)CC4)CC3)c2)C1. The van der Waals surface area contributed by atoms with E-state index in [1.165, 1.54) is 11.1 Å². The first-order chi connectivity index (χ1) is 26.3. The zero-order valence-electron chi connectivity index (χ0n) is 30.6. The molecule has 4 heterocycles. The molecule has 2 aliphatic carbocycles. The Morgan fingerprint density at radius 1 is 0.982 bits per heavy atom. The number of aromatic nitrogens is 3. The molecule has 2 N–H and O–H groups in total. The predicted molar refractivity (Wildman–Crippen MR) is 205 cm³/mol. The number of hydrogen-bond donors (Lipinski definition) is 2. The molecule has 2 saturated carbocycles. The molecule has 4 aromatic rings.